The van der Waals surface area contributed by atoms with Crippen LogP contribution >= 0.6 is 0 Å². The summed E-state index contributed by atoms with van der Waals surface area (Å²) in [6.07, 6.45) is 2.84. The Morgan fingerprint density at radius 3 is 2.29 bits per heavy atom. The number of carbonyl (C=O) groups is 3. The molecule has 2 N–H and O–H groups in total. The van der Waals surface area contributed by atoms with E-state index in [-0.39, 0.29) is 23.8 Å². The second-order valence-electron chi connectivity index (χ2n) is 8.09. The molecule has 2 aliphatic heterocycles. The zero-order chi connectivity index (χ0) is 21.6. The van der Waals surface area contributed by atoms with E-state index in [9.17, 15) is 14.4 Å². The van der Waals surface area contributed by atoms with Crippen molar-refractivity contribution in [2.45, 2.75) is 32.2 Å². The van der Waals surface area contributed by atoms with Crippen molar-refractivity contribution in [3.05, 3.63) is 60.2 Å². The third kappa shape index (κ3) is 5.23. The van der Waals surface area contributed by atoms with Crippen LogP contribution in [0.15, 0.2) is 54.6 Å². The summed E-state index contributed by atoms with van der Waals surface area (Å²) in [6, 6.07) is 17.0. The average Bonchev–Trinajstić information content (AvgIpc) is 3.24. The molecule has 2 aromatic carbocycles. The van der Waals surface area contributed by atoms with Gasteiger partial charge in [0.05, 0.1) is 0 Å². The lowest BCUT2D eigenvalue weighted by Crippen LogP contribution is -2.44. The lowest BCUT2D eigenvalue weighted by Gasteiger charge is -2.31. The van der Waals surface area contributed by atoms with E-state index in [0.717, 1.165) is 29.9 Å². The van der Waals surface area contributed by atoms with Gasteiger partial charge in [0.25, 0.3) is 0 Å². The number of likely N-dealkylation sites (tertiary alicyclic amines) is 1. The molecule has 7 nitrogen and oxygen atoms in total. The van der Waals surface area contributed by atoms with Crippen LogP contribution in [-0.4, -0.2) is 42.4 Å². The third-order valence-corrected chi connectivity index (χ3v) is 5.97. The van der Waals surface area contributed by atoms with Gasteiger partial charge in [-0.2, -0.15) is 0 Å². The molecule has 0 bridgehead atoms. The molecular formula is C24H28N4O3. The fraction of sp³-hybridized carbons (Fsp3) is 0.375. The Bertz CT molecular complexity index is 922. The van der Waals surface area contributed by atoms with Crippen molar-refractivity contribution < 1.29 is 14.4 Å². The minimum absolute atomic E-state index is 0.0296. The highest BCUT2D eigenvalue weighted by Gasteiger charge is 2.27. The minimum Gasteiger partial charge on any atom is -0.352 e. The van der Waals surface area contributed by atoms with Crippen molar-refractivity contribution >= 4 is 29.2 Å². The van der Waals surface area contributed by atoms with E-state index >= 15 is 0 Å². The molecule has 0 spiro atoms. The molecule has 0 aromatic heterocycles. The first-order chi connectivity index (χ1) is 15.1. The van der Waals surface area contributed by atoms with Crippen molar-refractivity contribution in [1.29, 1.82) is 0 Å². The first kappa shape index (κ1) is 20.9. The third-order valence-electron chi connectivity index (χ3n) is 5.97. The second kappa shape index (κ2) is 9.64. The van der Waals surface area contributed by atoms with E-state index in [1.807, 2.05) is 59.5 Å². The maximum Gasteiger partial charge on any atom is 0.321 e. The van der Waals surface area contributed by atoms with E-state index in [1.165, 1.54) is 0 Å². The Morgan fingerprint density at radius 2 is 1.65 bits per heavy atom. The van der Waals surface area contributed by atoms with E-state index in [2.05, 4.69) is 10.6 Å². The van der Waals surface area contributed by atoms with Gasteiger partial charge in [0.15, 0.2) is 0 Å². The highest BCUT2D eigenvalue weighted by molar-refractivity contribution is 5.95. The number of hydrogen-bond donors (Lipinski definition) is 2. The van der Waals surface area contributed by atoms with Crippen molar-refractivity contribution in [3.63, 3.8) is 0 Å². The smallest absolute Gasteiger partial charge is 0.321 e. The monoisotopic (exact) mass is 420 g/mol. The van der Waals surface area contributed by atoms with Crippen molar-refractivity contribution in [2.75, 3.05) is 29.9 Å². The van der Waals surface area contributed by atoms with Gasteiger partial charge in [-0.15, -0.1) is 0 Å². The van der Waals surface area contributed by atoms with Crippen molar-refractivity contribution in [2.24, 2.45) is 5.92 Å². The summed E-state index contributed by atoms with van der Waals surface area (Å²) in [5, 5.41) is 5.90. The van der Waals surface area contributed by atoms with Crippen LogP contribution in [0, 0.1) is 5.92 Å². The quantitative estimate of drug-likeness (QED) is 0.778. The van der Waals surface area contributed by atoms with Crippen molar-refractivity contribution in [1.82, 2.24) is 10.2 Å². The van der Waals surface area contributed by atoms with E-state index in [4.69, 9.17) is 0 Å². The highest BCUT2D eigenvalue weighted by Crippen LogP contribution is 2.22. The van der Waals surface area contributed by atoms with Crippen LogP contribution in [0.3, 0.4) is 0 Å². The van der Waals surface area contributed by atoms with Gasteiger partial charge in [-0.25, -0.2) is 4.79 Å². The lowest BCUT2D eigenvalue weighted by atomic mass is 9.96. The topological polar surface area (TPSA) is 81.8 Å². The normalized spacial score (nSPS) is 17.0. The Kier molecular flexibility index (Phi) is 6.50. The van der Waals surface area contributed by atoms with Gasteiger partial charge in [0.1, 0.15) is 0 Å². The standard InChI is InChI=1S/C24H28N4O3/c29-22-7-4-14-28(22)21-10-8-18(9-11-21)17-25-23(30)19-12-15-27(16-13-19)24(31)26-20-5-2-1-3-6-20/h1-3,5-6,8-11,19H,4,7,12-17H2,(H,25,30)(H,26,31). The molecule has 0 atom stereocenters. The maximum atomic E-state index is 12.6. The highest BCUT2D eigenvalue weighted by atomic mass is 16.2. The molecule has 0 radical (unpaired) electrons. The molecule has 2 aromatic rings. The number of benzene rings is 2. The van der Waals surface area contributed by atoms with Crippen LogP contribution in [0.4, 0.5) is 16.2 Å². The SMILES string of the molecule is O=C(NCc1ccc(N2CCCC2=O)cc1)C1CCN(C(=O)Nc2ccccc2)CC1. The van der Waals surface area contributed by atoms with E-state index in [0.29, 0.717) is 38.9 Å². The van der Waals surface area contributed by atoms with Gasteiger partial charge < -0.3 is 20.4 Å². The van der Waals surface area contributed by atoms with Gasteiger partial charge in [0.2, 0.25) is 11.8 Å². The van der Waals surface area contributed by atoms with Gasteiger partial charge in [-0.05, 0) is 49.1 Å². The molecule has 0 aliphatic carbocycles. The largest absolute Gasteiger partial charge is 0.352 e. The van der Waals surface area contributed by atoms with Gasteiger partial charge in [-0.1, -0.05) is 30.3 Å². The molecule has 2 heterocycles. The molecule has 2 saturated heterocycles. The number of urea groups is 1. The summed E-state index contributed by atoms with van der Waals surface area (Å²) in [4.78, 5) is 40.4. The predicted octanol–water partition coefficient (Wildman–Crippen LogP) is 3.37. The molecule has 0 unspecified atom stereocenters. The van der Waals surface area contributed by atoms with Gasteiger partial charge in [0, 0.05) is 49.9 Å². The van der Waals surface area contributed by atoms with Crippen LogP contribution in [0.5, 0.6) is 0 Å². The van der Waals surface area contributed by atoms with Crippen LogP contribution in [-0.2, 0) is 16.1 Å². The zero-order valence-electron chi connectivity index (χ0n) is 17.5. The number of piperidine rings is 1. The number of carbonyl (C=O) groups excluding carboxylic acids is 3. The van der Waals surface area contributed by atoms with E-state index in [1.54, 1.807) is 4.90 Å². The summed E-state index contributed by atoms with van der Waals surface area (Å²) < 4.78 is 0. The van der Waals surface area contributed by atoms with Crippen LogP contribution in [0.1, 0.15) is 31.2 Å². The predicted molar refractivity (Wildman–Crippen MR) is 120 cm³/mol. The van der Waals surface area contributed by atoms with Gasteiger partial charge >= 0.3 is 6.03 Å². The number of amides is 4. The number of anilines is 2. The fourth-order valence-electron chi connectivity index (χ4n) is 4.12. The molecule has 162 valence electrons. The fourth-order valence-corrected chi connectivity index (χ4v) is 4.12. The molecule has 7 heteroatoms. The molecule has 4 rings (SSSR count). The van der Waals surface area contributed by atoms with Crippen molar-refractivity contribution in [3.8, 4) is 0 Å². The van der Waals surface area contributed by atoms with Crippen LogP contribution in [0.2, 0.25) is 0 Å². The average molecular weight is 421 g/mol. The van der Waals surface area contributed by atoms with E-state index < -0.39 is 0 Å². The number of hydrogen-bond acceptors (Lipinski definition) is 3. The molecule has 2 fully saturated rings. The molecule has 2 aliphatic rings. The Hall–Kier alpha value is -3.35. The molecule has 0 saturated carbocycles. The molecule has 4 amide bonds. The molecule has 31 heavy (non-hydrogen) atoms. The zero-order valence-corrected chi connectivity index (χ0v) is 17.5. The number of para-hydroxylation sites is 1. The molecular weight excluding hydrogens is 392 g/mol. The maximum absolute atomic E-state index is 12.6. The van der Waals surface area contributed by atoms with Gasteiger partial charge in [-0.3, -0.25) is 9.59 Å². The summed E-state index contributed by atoms with van der Waals surface area (Å²) in [5.74, 6) is 0.119. The summed E-state index contributed by atoms with van der Waals surface area (Å²) in [7, 11) is 0. The Morgan fingerprint density at radius 1 is 0.935 bits per heavy atom. The first-order valence-electron chi connectivity index (χ1n) is 10.9. The number of nitrogens with zero attached hydrogens (tertiary/aromatic N) is 2. The van der Waals surface area contributed by atoms with Crippen LogP contribution < -0.4 is 15.5 Å². The summed E-state index contributed by atoms with van der Waals surface area (Å²) >= 11 is 0. The summed E-state index contributed by atoms with van der Waals surface area (Å²) in [5.41, 5.74) is 2.69. The van der Waals surface area contributed by atoms with Crippen LogP contribution in [0.25, 0.3) is 0 Å². The second-order valence-corrected chi connectivity index (χ2v) is 8.09. The first-order valence-corrected chi connectivity index (χ1v) is 10.9. The lowest BCUT2D eigenvalue weighted by molar-refractivity contribution is -0.126. The Balaban J connectivity index is 1.21. The summed E-state index contributed by atoms with van der Waals surface area (Å²) in [6.45, 7) is 2.36. The number of nitrogens with one attached hydrogen (secondary N) is 2. The Labute approximate surface area is 182 Å². The minimum atomic E-state index is -0.123. The number of rotatable bonds is 5.